The Labute approximate surface area is 130 Å². The van der Waals surface area contributed by atoms with E-state index in [4.69, 9.17) is 9.47 Å². The number of aryl methyl sites for hydroxylation is 1. The van der Waals surface area contributed by atoms with Crippen LogP contribution in [0.5, 0.6) is 0 Å². The van der Waals surface area contributed by atoms with E-state index in [-0.39, 0.29) is 23.3 Å². The molecule has 0 aliphatic carbocycles. The lowest BCUT2D eigenvalue weighted by molar-refractivity contribution is -0.0696. The molecular weight excluding hydrogens is 306 g/mol. The molecule has 0 bridgehead atoms. The second kappa shape index (κ2) is 6.11. The Morgan fingerprint density at radius 3 is 3.09 bits per heavy atom. The smallest absolute Gasteiger partial charge is 0.262 e. The third-order valence-corrected chi connectivity index (χ3v) is 5.89. The Morgan fingerprint density at radius 2 is 2.41 bits per heavy atom. The zero-order chi connectivity index (χ0) is 15.7. The van der Waals surface area contributed by atoms with Crippen LogP contribution in [-0.4, -0.2) is 60.3 Å². The van der Waals surface area contributed by atoms with E-state index in [1.54, 1.807) is 17.7 Å². The van der Waals surface area contributed by atoms with Gasteiger partial charge in [0.15, 0.2) is 5.03 Å². The summed E-state index contributed by atoms with van der Waals surface area (Å²) in [5, 5.41) is 0.0729. The molecule has 0 unspecified atom stereocenters. The van der Waals surface area contributed by atoms with Gasteiger partial charge >= 0.3 is 0 Å². The van der Waals surface area contributed by atoms with Crippen molar-refractivity contribution in [3.05, 3.63) is 25.2 Å². The number of nitrogens with zero attached hydrogens (tertiary/aromatic N) is 3. The van der Waals surface area contributed by atoms with Crippen LogP contribution < -0.4 is 0 Å². The summed E-state index contributed by atoms with van der Waals surface area (Å²) in [4.78, 5) is 3.99. The molecule has 2 fully saturated rings. The van der Waals surface area contributed by atoms with E-state index in [0.29, 0.717) is 19.8 Å². The van der Waals surface area contributed by atoms with Gasteiger partial charge < -0.3 is 14.0 Å². The highest BCUT2D eigenvalue weighted by Gasteiger charge is 2.50. The summed E-state index contributed by atoms with van der Waals surface area (Å²) < 4.78 is 40.3. The second-order valence-corrected chi connectivity index (χ2v) is 7.49. The molecule has 1 aromatic heterocycles. The van der Waals surface area contributed by atoms with Gasteiger partial charge in [0.25, 0.3) is 10.0 Å². The molecule has 2 saturated heterocycles. The fourth-order valence-electron chi connectivity index (χ4n) is 3.12. The van der Waals surface area contributed by atoms with Crippen LogP contribution in [0, 0.1) is 0 Å². The van der Waals surface area contributed by atoms with Gasteiger partial charge in [-0.25, -0.2) is 13.4 Å². The third-order valence-electron chi connectivity index (χ3n) is 4.11. The minimum Gasteiger partial charge on any atom is -0.374 e. The van der Waals surface area contributed by atoms with Crippen molar-refractivity contribution in [2.24, 2.45) is 7.05 Å². The topological polar surface area (TPSA) is 73.7 Å². The average Bonchev–Trinajstić information content (AvgIpc) is 3.10. The van der Waals surface area contributed by atoms with E-state index in [0.717, 1.165) is 12.8 Å². The van der Waals surface area contributed by atoms with E-state index in [9.17, 15) is 8.42 Å². The Kier molecular flexibility index (Phi) is 4.35. The predicted octanol–water partition coefficient (Wildman–Crippen LogP) is 0.543. The lowest BCUT2D eigenvalue weighted by Crippen LogP contribution is -2.43. The van der Waals surface area contributed by atoms with Crippen molar-refractivity contribution in [1.29, 1.82) is 0 Å². The van der Waals surface area contributed by atoms with Crippen LogP contribution in [0.4, 0.5) is 0 Å². The van der Waals surface area contributed by atoms with Crippen LogP contribution in [-0.2, 0) is 26.5 Å². The Hall–Kier alpha value is -1.22. The van der Waals surface area contributed by atoms with Crippen LogP contribution in [0.15, 0.2) is 30.2 Å². The fraction of sp³-hybridized carbons (Fsp3) is 0.643. The fourth-order valence-corrected chi connectivity index (χ4v) is 4.77. The molecule has 0 amide bonds. The summed E-state index contributed by atoms with van der Waals surface area (Å²) in [5.41, 5.74) is 0. The zero-order valence-corrected chi connectivity index (χ0v) is 13.4. The maximum atomic E-state index is 12.8. The quantitative estimate of drug-likeness (QED) is 0.738. The average molecular weight is 327 g/mol. The summed E-state index contributed by atoms with van der Waals surface area (Å²) in [6, 6.07) is -0.185. The number of aromatic nitrogens is 2. The molecule has 8 heteroatoms. The number of hydrogen-bond acceptors (Lipinski definition) is 5. The van der Waals surface area contributed by atoms with Crippen LogP contribution in [0.2, 0.25) is 0 Å². The Balaban J connectivity index is 1.87. The van der Waals surface area contributed by atoms with Gasteiger partial charge in [-0.05, 0) is 12.8 Å². The molecule has 0 N–H and O–H groups in total. The minimum absolute atomic E-state index is 0.0729. The molecule has 0 spiro atoms. The molecule has 0 aromatic carbocycles. The van der Waals surface area contributed by atoms with Crippen LogP contribution >= 0.6 is 0 Å². The number of hydrogen-bond donors (Lipinski definition) is 0. The van der Waals surface area contributed by atoms with Crippen molar-refractivity contribution in [2.75, 3.05) is 19.8 Å². The van der Waals surface area contributed by atoms with Crippen molar-refractivity contribution >= 4 is 10.0 Å². The Bertz CT molecular complexity index is 642. The van der Waals surface area contributed by atoms with Gasteiger partial charge in [0.1, 0.15) is 6.10 Å². The summed E-state index contributed by atoms with van der Waals surface area (Å²) in [7, 11) is -1.88. The van der Waals surface area contributed by atoms with Gasteiger partial charge in [-0.15, -0.1) is 6.58 Å². The lowest BCUT2D eigenvalue weighted by atomic mass is 10.0. The van der Waals surface area contributed by atoms with E-state index >= 15 is 0 Å². The standard InChI is InChI=1S/C14H21N3O4S/c1-3-6-20-12-8-17(11-5-4-7-21-14(11)12)22(18,19)13-9-16(2)10-15-13/h3,9-12,14H,1,4-8H2,2H3/t11-,12+,14+/m1/s1. The van der Waals surface area contributed by atoms with Crippen molar-refractivity contribution in [3.8, 4) is 0 Å². The molecule has 3 rings (SSSR count). The SMILES string of the molecule is C=CCO[C@H]1CN(S(=O)(=O)c2cn(C)cn2)[C@@H]2CCCO[C@H]12. The third kappa shape index (κ3) is 2.71. The molecule has 3 atom stereocenters. The predicted molar refractivity (Wildman–Crippen MR) is 79.8 cm³/mol. The molecule has 0 saturated carbocycles. The van der Waals surface area contributed by atoms with E-state index in [1.807, 2.05) is 0 Å². The van der Waals surface area contributed by atoms with E-state index in [1.165, 1.54) is 16.8 Å². The Morgan fingerprint density at radius 1 is 1.59 bits per heavy atom. The normalized spacial score (nSPS) is 29.4. The number of sulfonamides is 1. The molecule has 122 valence electrons. The first-order valence-corrected chi connectivity index (χ1v) is 8.82. The molecule has 2 aliphatic rings. The van der Waals surface area contributed by atoms with E-state index in [2.05, 4.69) is 11.6 Å². The van der Waals surface area contributed by atoms with Gasteiger partial charge in [-0.2, -0.15) is 4.31 Å². The summed E-state index contributed by atoms with van der Waals surface area (Å²) in [6.07, 6.45) is 5.83. The van der Waals surface area contributed by atoms with Crippen LogP contribution in [0.1, 0.15) is 12.8 Å². The number of fused-ring (bicyclic) bond motifs is 1. The monoisotopic (exact) mass is 327 g/mol. The van der Waals surface area contributed by atoms with Crippen molar-refractivity contribution < 1.29 is 17.9 Å². The van der Waals surface area contributed by atoms with Gasteiger partial charge in [0.2, 0.25) is 0 Å². The molecule has 2 aliphatic heterocycles. The van der Waals surface area contributed by atoms with Crippen LogP contribution in [0.3, 0.4) is 0 Å². The first-order chi connectivity index (χ1) is 10.5. The number of rotatable bonds is 5. The lowest BCUT2D eigenvalue weighted by Gasteiger charge is -2.31. The maximum absolute atomic E-state index is 12.8. The summed E-state index contributed by atoms with van der Waals surface area (Å²) in [6.45, 7) is 4.96. The molecule has 1 aromatic rings. The van der Waals surface area contributed by atoms with E-state index < -0.39 is 10.0 Å². The highest BCUT2D eigenvalue weighted by molar-refractivity contribution is 7.89. The highest BCUT2D eigenvalue weighted by Crippen LogP contribution is 2.34. The first-order valence-electron chi connectivity index (χ1n) is 7.38. The van der Waals surface area contributed by atoms with Gasteiger partial charge in [-0.1, -0.05) is 6.08 Å². The molecule has 7 nitrogen and oxygen atoms in total. The molecule has 3 heterocycles. The molecule has 0 radical (unpaired) electrons. The van der Waals surface area contributed by atoms with Crippen molar-refractivity contribution in [1.82, 2.24) is 13.9 Å². The number of ether oxygens (including phenoxy) is 2. The van der Waals surface area contributed by atoms with Gasteiger partial charge in [0, 0.05) is 26.4 Å². The highest BCUT2D eigenvalue weighted by atomic mass is 32.2. The van der Waals surface area contributed by atoms with Crippen molar-refractivity contribution in [3.63, 3.8) is 0 Å². The summed E-state index contributed by atoms with van der Waals surface area (Å²) >= 11 is 0. The first kappa shape index (κ1) is 15.7. The largest absolute Gasteiger partial charge is 0.374 e. The zero-order valence-electron chi connectivity index (χ0n) is 12.6. The minimum atomic E-state index is -3.63. The van der Waals surface area contributed by atoms with Crippen molar-refractivity contribution in [2.45, 2.75) is 36.1 Å². The second-order valence-electron chi connectivity index (χ2n) is 5.66. The van der Waals surface area contributed by atoms with Gasteiger partial charge in [0.05, 0.1) is 25.1 Å². The maximum Gasteiger partial charge on any atom is 0.262 e. The van der Waals surface area contributed by atoms with Crippen LogP contribution in [0.25, 0.3) is 0 Å². The van der Waals surface area contributed by atoms with Gasteiger partial charge in [-0.3, -0.25) is 0 Å². The molecule has 22 heavy (non-hydrogen) atoms. The summed E-state index contributed by atoms with van der Waals surface area (Å²) in [5.74, 6) is 0. The number of imidazole rings is 1. The molecular formula is C14H21N3O4S.